The third-order valence-corrected chi connectivity index (χ3v) is 2.58. The lowest BCUT2D eigenvalue weighted by Gasteiger charge is -2.12. The van der Waals surface area contributed by atoms with Gasteiger partial charge in [0.05, 0.1) is 6.61 Å². The lowest BCUT2D eigenvalue weighted by atomic mass is 10.0. The van der Waals surface area contributed by atoms with E-state index in [0.717, 1.165) is 11.1 Å². The van der Waals surface area contributed by atoms with E-state index in [1.807, 2.05) is 36.4 Å². The van der Waals surface area contributed by atoms with Crippen molar-refractivity contribution in [3.05, 3.63) is 42.5 Å². The number of hydrogen-bond donors (Lipinski definition) is 3. The Kier molecular flexibility index (Phi) is 3.69. The predicted molar refractivity (Wildman–Crippen MR) is 73.3 cm³/mol. The molecule has 2 aromatic rings. The molecular weight excluding hydrogens is 228 g/mol. The van der Waals surface area contributed by atoms with E-state index >= 15 is 0 Å². The molecule has 0 atom stereocenters. The summed E-state index contributed by atoms with van der Waals surface area (Å²) in [5.74, 6) is 0.661. The van der Waals surface area contributed by atoms with Gasteiger partial charge in [-0.25, -0.2) is 0 Å². The van der Waals surface area contributed by atoms with Crippen LogP contribution in [0.2, 0.25) is 0 Å². The molecule has 2 aromatic carbocycles. The number of hydrogen-bond acceptors (Lipinski definition) is 4. The van der Waals surface area contributed by atoms with Gasteiger partial charge in [-0.15, -0.1) is 0 Å². The van der Waals surface area contributed by atoms with Crippen molar-refractivity contribution < 1.29 is 9.84 Å². The first kappa shape index (κ1) is 12.3. The highest BCUT2D eigenvalue weighted by Gasteiger charge is 2.06. The first-order valence-electron chi connectivity index (χ1n) is 5.70. The molecule has 94 valence electrons. The van der Waals surface area contributed by atoms with Crippen molar-refractivity contribution in [2.24, 2.45) is 0 Å². The molecule has 0 aromatic heterocycles. The Bertz CT molecular complexity index is 524. The van der Waals surface area contributed by atoms with Crippen molar-refractivity contribution in [1.82, 2.24) is 0 Å². The van der Waals surface area contributed by atoms with Gasteiger partial charge in [-0.2, -0.15) is 0 Å². The molecule has 0 bridgehead atoms. The minimum Gasteiger partial charge on any atom is -0.490 e. The molecule has 4 nitrogen and oxygen atoms in total. The van der Waals surface area contributed by atoms with Crippen LogP contribution in [0.25, 0.3) is 11.1 Å². The second kappa shape index (κ2) is 5.42. The van der Waals surface area contributed by atoms with Crippen LogP contribution in [-0.2, 0) is 0 Å². The van der Waals surface area contributed by atoms with Gasteiger partial charge in [0.2, 0.25) is 0 Å². The summed E-state index contributed by atoms with van der Waals surface area (Å²) < 4.78 is 5.49. The minimum absolute atomic E-state index is 0.0318. The topological polar surface area (TPSA) is 81.5 Å². The van der Waals surface area contributed by atoms with Crippen molar-refractivity contribution in [1.29, 1.82) is 0 Å². The summed E-state index contributed by atoms with van der Waals surface area (Å²) in [4.78, 5) is 0. The van der Waals surface area contributed by atoms with E-state index in [2.05, 4.69) is 0 Å². The first-order valence-corrected chi connectivity index (χ1v) is 5.70. The van der Waals surface area contributed by atoms with E-state index in [-0.39, 0.29) is 13.2 Å². The maximum Gasteiger partial charge on any atom is 0.129 e. The van der Waals surface area contributed by atoms with Crippen molar-refractivity contribution in [2.45, 2.75) is 0 Å². The molecular formula is C14H16N2O2. The van der Waals surface area contributed by atoms with Crippen molar-refractivity contribution in [2.75, 3.05) is 24.7 Å². The highest BCUT2D eigenvalue weighted by molar-refractivity contribution is 5.74. The molecule has 0 saturated carbocycles. The summed E-state index contributed by atoms with van der Waals surface area (Å²) in [5.41, 5.74) is 14.7. The van der Waals surface area contributed by atoms with Gasteiger partial charge >= 0.3 is 0 Å². The number of anilines is 2. The SMILES string of the molecule is Nc1ccc(-c2ccc(N)cc2OCCO)cc1. The van der Waals surface area contributed by atoms with Gasteiger partial charge in [0, 0.05) is 23.0 Å². The van der Waals surface area contributed by atoms with E-state index < -0.39 is 0 Å². The summed E-state index contributed by atoms with van der Waals surface area (Å²) in [6, 6.07) is 13.0. The summed E-state index contributed by atoms with van der Waals surface area (Å²) in [7, 11) is 0. The summed E-state index contributed by atoms with van der Waals surface area (Å²) in [6.45, 7) is 0.210. The van der Waals surface area contributed by atoms with Crippen molar-refractivity contribution in [3.8, 4) is 16.9 Å². The molecule has 2 rings (SSSR count). The number of rotatable bonds is 4. The van der Waals surface area contributed by atoms with E-state index in [0.29, 0.717) is 17.1 Å². The molecule has 0 heterocycles. The second-order valence-electron chi connectivity index (χ2n) is 3.95. The number of ether oxygens (including phenoxy) is 1. The maximum atomic E-state index is 8.82. The minimum atomic E-state index is -0.0318. The van der Waals surface area contributed by atoms with Crippen LogP contribution in [-0.4, -0.2) is 18.3 Å². The molecule has 0 saturated heterocycles. The Hall–Kier alpha value is -2.20. The second-order valence-corrected chi connectivity index (χ2v) is 3.95. The van der Waals surface area contributed by atoms with Gasteiger partial charge < -0.3 is 21.3 Å². The van der Waals surface area contributed by atoms with Crippen LogP contribution < -0.4 is 16.2 Å². The standard InChI is InChI=1S/C14H16N2O2/c15-11-3-1-10(2-4-11)13-6-5-12(16)9-14(13)18-8-7-17/h1-6,9,17H,7-8,15-16H2. The first-order chi connectivity index (χ1) is 8.70. The largest absolute Gasteiger partial charge is 0.490 e. The summed E-state index contributed by atoms with van der Waals surface area (Å²) in [5, 5.41) is 8.82. The smallest absolute Gasteiger partial charge is 0.129 e. The maximum absolute atomic E-state index is 8.82. The monoisotopic (exact) mass is 244 g/mol. The molecule has 0 amide bonds. The highest BCUT2D eigenvalue weighted by atomic mass is 16.5. The molecule has 0 radical (unpaired) electrons. The molecule has 0 spiro atoms. The van der Waals surface area contributed by atoms with Crippen LogP contribution in [0.15, 0.2) is 42.5 Å². The third-order valence-electron chi connectivity index (χ3n) is 2.58. The quantitative estimate of drug-likeness (QED) is 0.717. The van der Waals surface area contributed by atoms with Crippen LogP contribution in [0.1, 0.15) is 0 Å². The number of nitrogen functional groups attached to an aromatic ring is 2. The lowest BCUT2D eigenvalue weighted by Crippen LogP contribution is -2.03. The molecule has 0 aliphatic heterocycles. The molecule has 5 N–H and O–H groups in total. The number of aliphatic hydroxyl groups is 1. The Labute approximate surface area is 106 Å². The Morgan fingerprint density at radius 2 is 1.61 bits per heavy atom. The zero-order chi connectivity index (χ0) is 13.0. The fourth-order valence-electron chi connectivity index (χ4n) is 1.72. The van der Waals surface area contributed by atoms with E-state index in [1.54, 1.807) is 6.07 Å². The zero-order valence-electron chi connectivity index (χ0n) is 9.97. The average molecular weight is 244 g/mol. The van der Waals surface area contributed by atoms with Crippen molar-refractivity contribution in [3.63, 3.8) is 0 Å². The molecule has 18 heavy (non-hydrogen) atoms. The number of aliphatic hydroxyl groups excluding tert-OH is 1. The van der Waals surface area contributed by atoms with Gasteiger partial charge in [-0.1, -0.05) is 12.1 Å². The molecule has 0 unspecified atom stereocenters. The predicted octanol–water partition coefficient (Wildman–Crippen LogP) is 1.89. The van der Waals surface area contributed by atoms with Gasteiger partial charge in [-0.05, 0) is 29.8 Å². The molecule has 4 heteroatoms. The van der Waals surface area contributed by atoms with E-state index in [4.69, 9.17) is 21.3 Å². The van der Waals surface area contributed by atoms with E-state index in [9.17, 15) is 0 Å². The fourth-order valence-corrected chi connectivity index (χ4v) is 1.72. The summed E-state index contributed by atoms with van der Waals surface area (Å²) in [6.07, 6.45) is 0. The molecule has 0 aliphatic rings. The normalized spacial score (nSPS) is 10.3. The Balaban J connectivity index is 2.39. The lowest BCUT2D eigenvalue weighted by molar-refractivity contribution is 0.202. The number of nitrogens with two attached hydrogens (primary N) is 2. The van der Waals surface area contributed by atoms with Crippen LogP contribution in [0.4, 0.5) is 11.4 Å². The van der Waals surface area contributed by atoms with Crippen LogP contribution >= 0.6 is 0 Å². The third kappa shape index (κ3) is 2.73. The average Bonchev–Trinajstić information content (AvgIpc) is 2.38. The summed E-state index contributed by atoms with van der Waals surface area (Å²) >= 11 is 0. The highest BCUT2D eigenvalue weighted by Crippen LogP contribution is 2.32. The number of benzene rings is 2. The van der Waals surface area contributed by atoms with Crippen LogP contribution in [0.3, 0.4) is 0 Å². The fraction of sp³-hybridized carbons (Fsp3) is 0.143. The van der Waals surface area contributed by atoms with Gasteiger partial charge in [0.1, 0.15) is 12.4 Å². The van der Waals surface area contributed by atoms with Gasteiger partial charge in [0.25, 0.3) is 0 Å². The van der Waals surface area contributed by atoms with Crippen LogP contribution in [0, 0.1) is 0 Å². The van der Waals surface area contributed by atoms with Crippen molar-refractivity contribution >= 4 is 11.4 Å². The van der Waals surface area contributed by atoms with Crippen LogP contribution in [0.5, 0.6) is 5.75 Å². The Morgan fingerprint density at radius 1 is 0.944 bits per heavy atom. The Morgan fingerprint density at radius 3 is 2.28 bits per heavy atom. The van der Waals surface area contributed by atoms with E-state index in [1.165, 1.54) is 0 Å². The van der Waals surface area contributed by atoms with Gasteiger partial charge in [0.15, 0.2) is 0 Å². The molecule has 0 fully saturated rings. The van der Waals surface area contributed by atoms with Gasteiger partial charge in [-0.3, -0.25) is 0 Å². The molecule has 0 aliphatic carbocycles. The zero-order valence-corrected chi connectivity index (χ0v) is 9.97.